The summed E-state index contributed by atoms with van der Waals surface area (Å²) in [5.41, 5.74) is 6.40. The zero-order valence-corrected chi connectivity index (χ0v) is 12.8. The minimum Gasteiger partial charge on any atom is -0.336 e. The maximum atomic E-state index is 12.3. The molecular weight excluding hydrogens is 324 g/mol. The van der Waals surface area contributed by atoms with E-state index >= 15 is 0 Å². The highest BCUT2D eigenvalue weighted by atomic mass is 35.5. The predicted molar refractivity (Wildman–Crippen MR) is 83.8 cm³/mol. The summed E-state index contributed by atoms with van der Waals surface area (Å²) in [6.45, 7) is 1.10. The number of nitro benzene ring substituents is 1. The van der Waals surface area contributed by atoms with Crippen LogP contribution in [0.15, 0.2) is 30.5 Å². The van der Waals surface area contributed by atoms with Gasteiger partial charge in [0.2, 0.25) is 0 Å². The molecule has 0 unspecified atom stereocenters. The number of non-ortho nitro benzene ring substituents is 1. The number of halogens is 1. The van der Waals surface area contributed by atoms with Crippen molar-refractivity contribution in [3.8, 4) is 5.69 Å². The van der Waals surface area contributed by atoms with E-state index in [9.17, 15) is 14.9 Å². The number of benzene rings is 1. The van der Waals surface area contributed by atoms with E-state index in [-0.39, 0.29) is 35.7 Å². The predicted octanol–water partition coefficient (Wildman–Crippen LogP) is 0.770. The van der Waals surface area contributed by atoms with Crippen molar-refractivity contribution in [2.45, 2.75) is 12.5 Å². The lowest BCUT2D eigenvalue weighted by molar-refractivity contribution is -0.384. The number of carbonyl (C=O) groups excluding carboxylic acids is 1. The first-order valence-electron chi connectivity index (χ1n) is 6.76. The van der Waals surface area contributed by atoms with Crippen molar-refractivity contribution in [1.29, 1.82) is 0 Å². The zero-order valence-electron chi connectivity index (χ0n) is 12.0. The Morgan fingerprint density at radius 2 is 2.22 bits per heavy atom. The maximum Gasteiger partial charge on any atom is 0.276 e. The van der Waals surface area contributed by atoms with E-state index in [4.69, 9.17) is 5.73 Å². The maximum absolute atomic E-state index is 12.3. The summed E-state index contributed by atoms with van der Waals surface area (Å²) in [4.78, 5) is 24.2. The number of nitrogens with zero attached hydrogens (tertiary/aromatic N) is 5. The Morgan fingerprint density at radius 1 is 1.43 bits per heavy atom. The van der Waals surface area contributed by atoms with E-state index in [1.54, 1.807) is 17.0 Å². The second-order valence-electron chi connectivity index (χ2n) is 5.13. The fourth-order valence-electron chi connectivity index (χ4n) is 2.37. The smallest absolute Gasteiger partial charge is 0.276 e. The second-order valence-corrected chi connectivity index (χ2v) is 5.13. The molecule has 1 aromatic heterocycles. The Morgan fingerprint density at radius 3 is 2.87 bits per heavy atom. The highest BCUT2D eigenvalue weighted by Crippen LogP contribution is 2.17. The molecule has 3 rings (SSSR count). The van der Waals surface area contributed by atoms with Crippen molar-refractivity contribution in [2.24, 2.45) is 5.73 Å². The second kappa shape index (κ2) is 6.71. The van der Waals surface area contributed by atoms with Gasteiger partial charge in [0.25, 0.3) is 11.6 Å². The van der Waals surface area contributed by atoms with Crippen LogP contribution in [0.2, 0.25) is 0 Å². The number of carbonyl (C=O) groups is 1. The summed E-state index contributed by atoms with van der Waals surface area (Å²) in [5, 5.41) is 18.5. The van der Waals surface area contributed by atoms with Crippen LogP contribution >= 0.6 is 12.4 Å². The number of aromatic nitrogens is 3. The first-order chi connectivity index (χ1) is 10.5. The molecule has 1 atom stereocenters. The Hall–Kier alpha value is -2.52. The van der Waals surface area contributed by atoms with Crippen molar-refractivity contribution in [2.75, 3.05) is 13.1 Å². The largest absolute Gasteiger partial charge is 0.336 e. The van der Waals surface area contributed by atoms with Gasteiger partial charge in [-0.2, -0.15) is 0 Å². The fraction of sp³-hybridized carbons (Fsp3) is 0.308. The Bertz CT molecular complexity index is 734. The number of hydrogen-bond acceptors (Lipinski definition) is 6. The number of nitrogens with two attached hydrogens (primary N) is 1. The lowest BCUT2D eigenvalue weighted by atomic mass is 10.3. The van der Waals surface area contributed by atoms with Gasteiger partial charge in [-0.3, -0.25) is 14.9 Å². The van der Waals surface area contributed by atoms with Crippen LogP contribution in [0.1, 0.15) is 16.9 Å². The fourth-order valence-corrected chi connectivity index (χ4v) is 2.37. The SMILES string of the molecule is Cl.N[C@@H]1CCN(C(=O)c2cn(-c3cccc([N+](=O)[O-])c3)nn2)C1. The molecule has 2 N–H and O–H groups in total. The highest BCUT2D eigenvalue weighted by molar-refractivity contribution is 5.92. The monoisotopic (exact) mass is 338 g/mol. The molecule has 2 heterocycles. The number of nitro groups is 1. The van der Waals surface area contributed by atoms with E-state index in [1.807, 2.05) is 0 Å². The molecule has 0 radical (unpaired) electrons. The third kappa shape index (κ3) is 3.46. The molecular formula is C13H15ClN6O3. The molecule has 0 saturated carbocycles. The van der Waals surface area contributed by atoms with Gasteiger partial charge in [-0.15, -0.1) is 17.5 Å². The van der Waals surface area contributed by atoms with Gasteiger partial charge in [-0.25, -0.2) is 4.68 Å². The minimum atomic E-state index is -0.488. The van der Waals surface area contributed by atoms with Crippen LogP contribution in [0.3, 0.4) is 0 Å². The van der Waals surface area contributed by atoms with Crippen molar-refractivity contribution in [1.82, 2.24) is 19.9 Å². The highest BCUT2D eigenvalue weighted by Gasteiger charge is 2.26. The first-order valence-corrected chi connectivity index (χ1v) is 6.76. The molecule has 1 aliphatic rings. The third-order valence-electron chi connectivity index (χ3n) is 3.53. The number of rotatable bonds is 3. The van der Waals surface area contributed by atoms with Crippen LogP contribution in [-0.4, -0.2) is 49.9 Å². The molecule has 9 nitrogen and oxygen atoms in total. The molecule has 0 bridgehead atoms. The van der Waals surface area contributed by atoms with Gasteiger partial charge >= 0.3 is 0 Å². The molecule has 2 aromatic rings. The van der Waals surface area contributed by atoms with Gasteiger partial charge in [0.1, 0.15) is 0 Å². The topological polar surface area (TPSA) is 120 Å². The molecule has 1 saturated heterocycles. The van der Waals surface area contributed by atoms with Crippen molar-refractivity contribution in [3.05, 3.63) is 46.3 Å². The summed E-state index contributed by atoms with van der Waals surface area (Å²) in [7, 11) is 0. The summed E-state index contributed by atoms with van der Waals surface area (Å²) in [6.07, 6.45) is 2.23. The van der Waals surface area contributed by atoms with Gasteiger partial charge in [0.05, 0.1) is 16.8 Å². The molecule has 1 aliphatic heterocycles. The third-order valence-corrected chi connectivity index (χ3v) is 3.53. The minimum absolute atomic E-state index is 0. The van der Waals surface area contributed by atoms with Gasteiger partial charge in [-0.1, -0.05) is 11.3 Å². The van der Waals surface area contributed by atoms with Gasteiger partial charge in [-0.05, 0) is 12.5 Å². The number of amides is 1. The molecule has 1 amide bonds. The van der Waals surface area contributed by atoms with Crippen LogP contribution in [0, 0.1) is 10.1 Å². The van der Waals surface area contributed by atoms with E-state index in [2.05, 4.69) is 10.3 Å². The summed E-state index contributed by atoms with van der Waals surface area (Å²) in [6, 6.07) is 5.96. The quantitative estimate of drug-likeness (QED) is 0.652. The zero-order chi connectivity index (χ0) is 15.7. The Labute approximate surface area is 137 Å². The summed E-state index contributed by atoms with van der Waals surface area (Å²) >= 11 is 0. The van der Waals surface area contributed by atoms with Crippen molar-refractivity contribution >= 4 is 24.0 Å². The summed E-state index contributed by atoms with van der Waals surface area (Å²) in [5.74, 6) is -0.232. The van der Waals surface area contributed by atoms with Crippen LogP contribution < -0.4 is 5.73 Å². The Kier molecular flexibility index (Phi) is 4.92. The average Bonchev–Trinajstić information content (AvgIpc) is 3.15. The molecule has 122 valence electrons. The van der Waals surface area contributed by atoms with Crippen LogP contribution in [0.5, 0.6) is 0 Å². The number of likely N-dealkylation sites (tertiary alicyclic amines) is 1. The number of hydrogen-bond donors (Lipinski definition) is 1. The molecule has 10 heteroatoms. The van der Waals surface area contributed by atoms with Crippen LogP contribution in [0.4, 0.5) is 5.69 Å². The van der Waals surface area contributed by atoms with E-state index < -0.39 is 4.92 Å². The van der Waals surface area contributed by atoms with E-state index in [0.717, 1.165) is 6.42 Å². The normalized spacial score (nSPS) is 16.9. The molecule has 1 fully saturated rings. The van der Waals surface area contributed by atoms with E-state index in [1.165, 1.54) is 23.0 Å². The molecule has 1 aromatic carbocycles. The lowest BCUT2D eigenvalue weighted by Gasteiger charge is -2.13. The van der Waals surface area contributed by atoms with Crippen molar-refractivity contribution < 1.29 is 9.72 Å². The van der Waals surface area contributed by atoms with Crippen molar-refractivity contribution in [3.63, 3.8) is 0 Å². The molecule has 0 aliphatic carbocycles. The van der Waals surface area contributed by atoms with Gasteiger partial charge < -0.3 is 10.6 Å². The lowest BCUT2D eigenvalue weighted by Crippen LogP contribution is -2.32. The molecule has 0 spiro atoms. The summed E-state index contributed by atoms with van der Waals surface area (Å²) < 4.78 is 1.34. The first kappa shape index (κ1) is 16.8. The average molecular weight is 339 g/mol. The van der Waals surface area contributed by atoms with Gasteiger partial charge in [0, 0.05) is 31.3 Å². The standard InChI is InChI=1S/C13H14N6O3.ClH/c14-9-4-5-17(7-9)13(20)12-8-18(16-15-12)10-2-1-3-11(6-10)19(21)22;/h1-3,6,8-9H,4-5,7,14H2;1H/t9-;/m1./s1. The van der Waals surface area contributed by atoms with Crippen LogP contribution in [0.25, 0.3) is 5.69 Å². The molecule has 23 heavy (non-hydrogen) atoms. The Balaban J connectivity index is 0.00000192. The van der Waals surface area contributed by atoms with E-state index in [0.29, 0.717) is 18.8 Å². The van der Waals surface area contributed by atoms with Crippen LogP contribution in [-0.2, 0) is 0 Å². The van der Waals surface area contributed by atoms with Gasteiger partial charge in [0.15, 0.2) is 5.69 Å².